The van der Waals surface area contributed by atoms with Crippen molar-refractivity contribution in [1.82, 2.24) is 9.97 Å². The summed E-state index contributed by atoms with van der Waals surface area (Å²) in [6.07, 6.45) is 2.78. The molecule has 2 N–H and O–H groups in total. The molecule has 0 saturated carbocycles. The molecule has 0 atom stereocenters. The highest BCUT2D eigenvalue weighted by atomic mass is 32.1. The number of para-hydroxylation sites is 1. The number of rotatable bonds is 2. The normalized spacial score (nSPS) is 11.1. The zero-order valence-electron chi connectivity index (χ0n) is 9.41. The van der Waals surface area contributed by atoms with E-state index in [1.807, 2.05) is 24.4 Å². The molecule has 2 heterocycles. The Kier molecular flexibility index (Phi) is 2.37. The van der Waals surface area contributed by atoms with E-state index in [-0.39, 0.29) is 0 Å². The number of imidazole rings is 1. The standard InChI is InChI=1S/C13H12N2OS/c1-2-8-9-5-3-4-6-11(9)16-12(8)10-7-14-13(17)15-10/h3-7H,2H2,1H3,(H2,14,15,17). The number of hydrogen-bond acceptors (Lipinski definition) is 2. The molecule has 0 saturated heterocycles. The average molecular weight is 244 g/mol. The lowest BCUT2D eigenvalue weighted by Gasteiger charge is -1.95. The van der Waals surface area contributed by atoms with Crippen LogP contribution in [0.2, 0.25) is 0 Å². The third kappa shape index (κ3) is 1.61. The molecule has 3 aromatic rings. The van der Waals surface area contributed by atoms with Crippen LogP contribution in [0.1, 0.15) is 12.5 Å². The molecule has 0 aliphatic carbocycles. The van der Waals surface area contributed by atoms with Crippen LogP contribution < -0.4 is 0 Å². The molecule has 0 spiro atoms. The summed E-state index contributed by atoms with van der Waals surface area (Å²) in [6.45, 7) is 2.13. The Morgan fingerprint density at radius 3 is 2.82 bits per heavy atom. The molecule has 2 aromatic heterocycles. The van der Waals surface area contributed by atoms with Gasteiger partial charge in [-0.3, -0.25) is 0 Å². The number of aryl methyl sites for hydroxylation is 1. The molecule has 0 aliphatic heterocycles. The fourth-order valence-corrected chi connectivity index (χ4v) is 2.29. The number of benzene rings is 1. The molecular weight excluding hydrogens is 232 g/mol. The van der Waals surface area contributed by atoms with Crippen molar-refractivity contribution < 1.29 is 4.42 Å². The zero-order chi connectivity index (χ0) is 11.8. The predicted octanol–water partition coefficient (Wildman–Crippen LogP) is 4.05. The van der Waals surface area contributed by atoms with E-state index in [1.54, 1.807) is 0 Å². The number of aromatic amines is 2. The monoisotopic (exact) mass is 244 g/mol. The summed E-state index contributed by atoms with van der Waals surface area (Å²) >= 11 is 5.04. The minimum Gasteiger partial charge on any atom is -0.454 e. The Bertz CT molecular complexity index is 720. The number of fused-ring (bicyclic) bond motifs is 1. The second kappa shape index (κ2) is 3.89. The van der Waals surface area contributed by atoms with Crippen molar-refractivity contribution in [2.45, 2.75) is 13.3 Å². The first kappa shape index (κ1) is 10.4. The molecule has 4 heteroatoms. The van der Waals surface area contributed by atoms with Crippen molar-refractivity contribution >= 4 is 23.2 Å². The van der Waals surface area contributed by atoms with Crippen molar-refractivity contribution in [3.63, 3.8) is 0 Å². The van der Waals surface area contributed by atoms with Crippen LogP contribution in [0, 0.1) is 4.77 Å². The van der Waals surface area contributed by atoms with Gasteiger partial charge in [0, 0.05) is 17.1 Å². The highest BCUT2D eigenvalue weighted by Crippen LogP contribution is 2.32. The molecule has 0 fully saturated rings. The Balaban J connectivity index is 2.32. The maximum atomic E-state index is 5.89. The minimum absolute atomic E-state index is 0.613. The second-order valence-electron chi connectivity index (χ2n) is 3.92. The lowest BCUT2D eigenvalue weighted by atomic mass is 10.1. The highest BCUT2D eigenvalue weighted by molar-refractivity contribution is 7.71. The lowest BCUT2D eigenvalue weighted by Crippen LogP contribution is -1.82. The van der Waals surface area contributed by atoms with Crippen LogP contribution in [-0.4, -0.2) is 9.97 Å². The maximum absolute atomic E-state index is 5.89. The molecule has 17 heavy (non-hydrogen) atoms. The first-order chi connectivity index (χ1) is 8.29. The summed E-state index contributed by atoms with van der Waals surface area (Å²) in [6, 6.07) is 8.08. The van der Waals surface area contributed by atoms with Gasteiger partial charge in [-0.15, -0.1) is 0 Å². The Hall–Kier alpha value is -1.81. The lowest BCUT2D eigenvalue weighted by molar-refractivity contribution is 0.625. The van der Waals surface area contributed by atoms with Gasteiger partial charge in [0.25, 0.3) is 0 Å². The molecule has 0 amide bonds. The van der Waals surface area contributed by atoms with Gasteiger partial charge >= 0.3 is 0 Å². The van der Waals surface area contributed by atoms with Crippen molar-refractivity contribution in [2.75, 3.05) is 0 Å². The van der Waals surface area contributed by atoms with Gasteiger partial charge in [0.2, 0.25) is 0 Å². The fourth-order valence-electron chi connectivity index (χ4n) is 2.12. The van der Waals surface area contributed by atoms with E-state index >= 15 is 0 Å². The third-order valence-electron chi connectivity index (χ3n) is 2.89. The minimum atomic E-state index is 0.613. The van der Waals surface area contributed by atoms with Gasteiger partial charge in [-0.2, -0.15) is 0 Å². The number of furan rings is 1. The SMILES string of the molecule is CCc1c(-c2c[nH]c(=S)[nH]2)oc2ccccc12. The number of hydrogen-bond donors (Lipinski definition) is 2. The Labute approximate surface area is 103 Å². The molecule has 86 valence electrons. The Morgan fingerprint density at radius 1 is 1.29 bits per heavy atom. The number of aromatic nitrogens is 2. The largest absolute Gasteiger partial charge is 0.454 e. The van der Waals surface area contributed by atoms with Crippen molar-refractivity contribution in [3.8, 4) is 11.5 Å². The van der Waals surface area contributed by atoms with E-state index in [0.29, 0.717) is 4.77 Å². The van der Waals surface area contributed by atoms with Crippen molar-refractivity contribution in [3.05, 3.63) is 40.8 Å². The zero-order valence-corrected chi connectivity index (χ0v) is 10.2. The first-order valence-corrected chi connectivity index (χ1v) is 5.99. The molecule has 0 aliphatic rings. The summed E-state index contributed by atoms with van der Waals surface area (Å²) in [4.78, 5) is 6.06. The van der Waals surface area contributed by atoms with E-state index < -0.39 is 0 Å². The van der Waals surface area contributed by atoms with Gasteiger partial charge in [-0.25, -0.2) is 0 Å². The molecule has 3 nitrogen and oxygen atoms in total. The summed E-state index contributed by atoms with van der Waals surface area (Å²) in [5, 5.41) is 1.17. The van der Waals surface area contributed by atoms with E-state index in [4.69, 9.17) is 16.6 Å². The van der Waals surface area contributed by atoms with Gasteiger partial charge in [-0.05, 0) is 24.7 Å². The summed E-state index contributed by atoms with van der Waals surface area (Å²) in [5.74, 6) is 0.876. The first-order valence-electron chi connectivity index (χ1n) is 5.58. The maximum Gasteiger partial charge on any atom is 0.175 e. The van der Waals surface area contributed by atoms with E-state index in [9.17, 15) is 0 Å². The van der Waals surface area contributed by atoms with Gasteiger partial charge in [0.05, 0.1) is 0 Å². The van der Waals surface area contributed by atoms with E-state index in [2.05, 4.69) is 23.0 Å². The highest BCUT2D eigenvalue weighted by Gasteiger charge is 2.14. The molecule has 0 radical (unpaired) electrons. The average Bonchev–Trinajstić information content (AvgIpc) is 2.91. The smallest absolute Gasteiger partial charge is 0.175 e. The van der Waals surface area contributed by atoms with Crippen LogP contribution in [0.5, 0.6) is 0 Å². The van der Waals surface area contributed by atoms with Crippen LogP contribution in [0.25, 0.3) is 22.4 Å². The van der Waals surface area contributed by atoms with Crippen molar-refractivity contribution in [2.24, 2.45) is 0 Å². The molecule has 1 aromatic carbocycles. The molecule has 0 unspecified atom stereocenters. The van der Waals surface area contributed by atoms with Gasteiger partial charge in [0.1, 0.15) is 11.3 Å². The summed E-state index contributed by atoms with van der Waals surface area (Å²) in [7, 11) is 0. The van der Waals surface area contributed by atoms with Crippen LogP contribution in [0.3, 0.4) is 0 Å². The fraction of sp³-hybridized carbons (Fsp3) is 0.154. The number of H-pyrrole nitrogens is 2. The van der Waals surface area contributed by atoms with Crippen LogP contribution in [0.15, 0.2) is 34.9 Å². The van der Waals surface area contributed by atoms with Gasteiger partial charge in [0.15, 0.2) is 10.5 Å². The van der Waals surface area contributed by atoms with E-state index in [1.165, 1.54) is 10.9 Å². The summed E-state index contributed by atoms with van der Waals surface area (Å²) in [5.41, 5.74) is 3.04. The molecular formula is C13H12N2OS. The molecule has 3 rings (SSSR count). The van der Waals surface area contributed by atoms with Crippen LogP contribution in [0.4, 0.5) is 0 Å². The van der Waals surface area contributed by atoms with Crippen LogP contribution in [-0.2, 0) is 6.42 Å². The van der Waals surface area contributed by atoms with E-state index in [0.717, 1.165) is 23.5 Å². The quantitative estimate of drug-likeness (QED) is 0.668. The van der Waals surface area contributed by atoms with Crippen molar-refractivity contribution in [1.29, 1.82) is 0 Å². The summed E-state index contributed by atoms with van der Waals surface area (Å²) < 4.78 is 6.51. The third-order valence-corrected chi connectivity index (χ3v) is 3.11. The topological polar surface area (TPSA) is 44.7 Å². The van der Waals surface area contributed by atoms with Gasteiger partial charge < -0.3 is 14.4 Å². The van der Waals surface area contributed by atoms with Gasteiger partial charge in [-0.1, -0.05) is 25.1 Å². The van der Waals surface area contributed by atoms with Crippen LogP contribution >= 0.6 is 12.2 Å². The Morgan fingerprint density at radius 2 is 2.12 bits per heavy atom. The number of nitrogens with one attached hydrogen (secondary N) is 2. The second-order valence-corrected chi connectivity index (χ2v) is 4.32. The predicted molar refractivity (Wildman–Crippen MR) is 70.6 cm³/mol. The molecule has 0 bridgehead atoms.